The SMILES string of the molecule is CCCC(F)C(=O)C(C)C(=O)OC. The second-order valence-electron chi connectivity index (χ2n) is 2.90. The van der Waals surface area contributed by atoms with Crippen molar-refractivity contribution >= 4 is 11.8 Å². The van der Waals surface area contributed by atoms with E-state index in [9.17, 15) is 14.0 Å². The summed E-state index contributed by atoms with van der Waals surface area (Å²) in [5.41, 5.74) is 0. The van der Waals surface area contributed by atoms with Gasteiger partial charge in [0.05, 0.1) is 7.11 Å². The van der Waals surface area contributed by atoms with Crippen LogP contribution in [-0.2, 0) is 14.3 Å². The minimum absolute atomic E-state index is 0.167. The molecule has 0 heterocycles. The molecule has 4 heteroatoms. The van der Waals surface area contributed by atoms with Gasteiger partial charge in [0.25, 0.3) is 0 Å². The fourth-order valence-electron chi connectivity index (χ4n) is 0.960. The first kappa shape index (κ1) is 12.1. The quantitative estimate of drug-likeness (QED) is 0.487. The summed E-state index contributed by atoms with van der Waals surface area (Å²) in [6.07, 6.45) is -0.792. The first-order chi connectivity index (χ1) is 6.04. The zero-order valence-corrected chi connectivity index (χ0v) is 8.17. The summed E-state index contributed by atoms with van der Waals surface area (Å²) in [4.78, 5) is 22.0. The number of esters is 1. The van der Waals surface area contributed by atoms with E-state index in [1.54, 1.807) is 6.92 Å². The molecule has 0 rings (SSSR count). The van der Waals surface area contributed by atoms with Crippen LogP contribution in [-0.4, -0.2) is 25.0 Å². The van der Waals surface area contributed by atoms with E-state index in [0.717, 1.165) is 0 Å². The van der Waals surface area contributed by atoms with Crippen molar-refractivity contribution < 1.29 is 18.7 Å². The van der Waals surface area contributed by atoms with Gasteiger partial charge in [0.1, 0.15) is 5.92 Å². The van der Waals surface area contributed by atoms with Crippen molar-refractivity contribution in [2.75, 3.05) is 7.11 Å². The number of carbonyl (C=O) groups excluding carboxylic acids is 2. The van der Waals surface area contributed by atoms with Gasteiger partial charge in [0.15, 0.2) is 12.0 Å². The highest BCUT2D eigenvalue weighted by Crippen LogP contribution is 2.10. The summed E-state index contributed by atoms with van der Waals surface area (Å²) < 4.78 is 17.3. The zero-order chi connectivity index (χ0) is 10.4. The third kappa shape index (κ3) is 3.53. The number of ether oxygens (including phenoxy) is 1. The number of alkyl halides is 1. The molecule has 13 heavy (non-hydrogen) atoms. The smallest absolute Gasteiger partial charge is 0.316 e. The molecule has 0 saturated carbocycles. The maximum atomic E-state index is 13.0. The van der Waals surface area contributed by atoms with Gasteiger partial charge < -0.3 is 4.74 Å². The molecule has 76 valence electrons. The largest absolute Gasteiger partial charge is 0.468 e. The molecule has 0 bridgehead atoms. The third-order valence-electron chi connectivity index (χ3n) is 1.83. The van der Waals surface area contributed by atoms with E-state index in [1.807, 2.05) is 0 Å². The minimum atomic E-state index is -1.54. The van der Waals surface area contributed by atoms with Gasteiger partial charge in [-0.2, -0.15) is 0 Å². The van der Waals surface area contributed by atoms with E-state index >= 15 is 0 Å². The van der Waals surface area contributed by atoms with Crippen molar-refractivity contribution in [1.82, 2.24) is 0 Å². The predicted octanol–water partition coefficient (Wildman–Crippen LogP) is 1.50. The number of ketones is 1. The van der Waals surface area contributed by atoms with Gasteiger partial charge in [-0.15, -0.1) is 0 Å². The maximum Gasteiger partial charge on any atom is 0.316 e. The molecule has 0 aromatic heterocycles. The second-order valence-corrected chi connectivity index (χ2v) is 2.90. The van der Waals surface area contributed by atoms with Gasteiger partial charge in [0, 0.05) is 0 Å². The molecule has 0 spiro atoms. The minimum Gasteiger partial charge on any atom is -0.468 e. The standard InChI is InChI=1S/C9H15FO3/c1-4-5-7(10)8(11)6(2)9(12)13-3/h6-7H,4-5H2,1-3H3. The molecule has 0 radical (unpaired) electrons. The van der Waals surface area contributed by atoms with E-state index in [0.29, 0.717) is 6.42 Å². The average Bonchev–Trinajstić information content (AvgIpc) is 2.14. The van der Waals surface area contributed by atoms with Crippen LogP contribution in [0.5, 0.6) is 0 Å². The van der Waals surface area contributed by atoms with Gasteiger partial charge in [-0.05, 0) is 13.3 Å². The third-order valence-corrected chi connectivity index (χ3v) is 1.83. The van der Waals surface area contributed by atoms with Crippen LogP contribution in [0.4, 0.5) is 4.39 Å². The Morgan fingerprint density at radius 1 is 1.46 bits per heavy atom. The van der Waals surface area contributed by atoms with Crippen molar-refractivity contribution in [2.24, 2.45) is 5.92 Å². The van der Waals surface area contributed by atoms with E-state index in [2.05, 4.69) is 4.74 Å². The monoisotopic (exact) mass is 190 g/mol. The van der Waals surface area contributed by atoms with Gasteiger partial charge in [-0.3, -0.25) is 9.59 Å². The molecule has 0 aliphatic carbocycles. The highest BCUT2D eigenvalue weighted by Gasteiger charge is 2.28. The Bertz CT molecular complexity index is 191. The van der Waals surface area contributed by atoms with Crippen LogP contribution in [0.25, 0.3) is 0 Å². The summed E-state index contributed by atoms with van der Waals surface area (Å²) in [6, 6.07) is 0. The molecule has 0 fully saturated rings. The van der Waals surface area contributed by atoms with E-state index in [-0.39, 0.29) is 6.42 Å². The summed E-state index contributed by atoms with van der Waals surface area (Å²) in [7, 11) is 1.18. The molecule has 0 aliphatic heterocycles. The Balaban J connectivity index is 4.16. The lowest BCUT2D eigenvalue weighted by atomic mass is 10.0. The molecule has 2 atom stereocenters. The van der Waals surface area contributed by atoms with Crippen LogP contribution >= 0.6 is 0 Å². The number of hydrogen-bond acceptors (Lipinski definition) is 3. The van der Waals surface area contributed by atoms with E-state index in [4.69, 9.17) is 0 Å². The summed E-state index contributed by atoms with van der Waals surface area (Å²) in [6.45, 7) is 3.14. The second kappa shape index (κ2) is 5.67. The first-order valence-corrected chi connectivity index (χ1v) is 4.30. The van der Waals surface area contributed by atoms with Crippen molar-refractivity contribution in [2.45, 2.75) is 32.9 Å². The van der Waals surface area contributed by atoms with Crippen molar-refractivity contribution in [3.63, 3.8) is 0 Å². The lowest BCUT2D eigenvalue weighted by Crippen LogP contribution is -2.29. The zero-order valence-electron chi connectivity index (χ0n) is 8.17. The van der Waals surface area contributed by atoms with Crippen LogP contribution < -0.4 is 0 Å². The molecule has 0 aromatic rings. The van der Waals surface area contributed by atoms with E-state index in [1.165, 1.54) is 14.0 Å². The maximum absolute atomic E-state index is 13.0. The van der Waals surface area contributed by atoms with Crippen LogP contribution in [0.2, 0.25) is 0 Å². The predicted molar refractivity (Wildman–Crippen MR) is 46.0 cm³/mol. The Kier molecular flexibility index (Phi) is 5.26. The highest BCUT2D eigenvalue weighted by molar-refractivity contribution is 6.00. The average molecular weight is 190 g/mol. The molecule has 0 saturated heterocycles. The van der Waals surface area contributed by atoms with Crippen molar-refractivity contribution in [3.05, 3.63) is 0 Å². The molecule has 0 N–H and O–H groups in total. The molecular formula is C9H15FO3. The van der Waals surface area contributed by atoms with Crippen LogP contribution in [0.1, 0.15) is 26.7 Å². The van der Waals surface area contributed by atoms with Gasteiger partial charge in [-0.1, -0.05) is 13.3 Å². The first-order valence-electron chi connectivity index (χ1n) is 4.30. The van der Waals surface area contributed by atoms with Gasteiger partial charge in [-0.25, -0.2) is 4.39 Å². The highest BCUT2D eigenvalue weighted by atomic mass is 19.1. The summed E-state index contributed by atoms with van der Waals surface area (Å²) in [5.74, 6) is -2.36. The Labute approximate surface area is 77.3 Å². The molecule has 3 nitrogen and oxygen atoms in total. The topological polar surface area (TPSA) is 43.4 Å². The lowest BCUT2D eigenvalue weighted by Gasteiger charge is -2.10. The number of halogens is 1. The Hall–Kier alpha value is -0.930. The van der Waals surface area contributed by atoms with Crippen LogP contribution in [0.3, 0.4) is 0 Å². The van der Waals surface area contributed by atoms with Crippen LogP contribution in [0.15, 0.2) is 0 Å². The number of Topliss-reactive ketones (excluding diaryl/α,β-unsaturated/α-hetero) is 1. The molecule has 0 aliphatic rings. The number of carbonyl (C=O) groups is 2. The van der Waals surface area contributed by atoms with Crippen molar-refractivity contribution in [1.29, 1.82) is 0 Å². The number of hydrogen-bond donors (Lipinski definition) is 0. The van der Waals surface area contributed by atoms with Crippen molar-refractivity contribution in [3.8, 4) is 0 Å². The normalized spacial score (nSPS) is 14.8. The Morgan fingerprint density at radius 3 is 2.38 bits per heavy atom. The fraction of sp³-hybridized carbons (Fsp3) is 0.778. The lowest BCUT2D eigenvalue weighted by molar-refractivity contribution is -0.150. The summed E-state index contributed by atoms with van der Waals surface area (Å²) in [5, 5.41) is 0. The number of methoxy groups -OCH3 is 1. The van der Waals surface area contributed by atoms with Gasteiger partial charge in [0.2, 0.25) is 0 Å². The fourth-order valence-corrected chi connectivity index (χ4v) is 0.960. The summed E-state index contributed by atoms with van der Waals surface area (Å²) >= 11 is 0. The molecule has 2 unspecified atom stereocenters. The molecule has 0 amide bonds. The van der Waals surface area contributed by atoms with Gasteiger partial charge >= 0.3 is 5.97 Å². The molecule has 0 aromatic carbocycles. The Morgan fingerprint density at radius 2 is 2.00 bits per heavy atom. The van der Waals surface area contributed by atoms with Crippen LogP contribution in [0, 0.1) is 5.92 Å². The molecular weight excluding hydrogens is 175 g/mol. The van der Waals surface area contributed by atoms with E-state index < -0.39 is 23.8 Å². The number of rotatable bonds is 5.